The zero-order valence-electron chi connectivity index (χ0n) is 10.5. The first-order valence-electron chi connectivity index (χ1n) is 6.27. The van der Waals surface area contributed by atoms with Crippen LogP contribution in [-0.2, 0) is 16.0 Å². The van der Waals surface area contributed by atoms with Crippen LogP contribution in [0.25, 0.3) is 0 Å². The molecule has 3 N–H and O–H groups in total. The number of carbonyl (C=O) groups excluding carboxylic acids is 1. The average Bonchev–Trinajstić information content (AvgIpc) is 2.97. The minimum Gasteiger partial charge on any atom is -0.480 e. The van der Waals surface area contributed by atoms with E-state index in [0.29, 0.717) is 10.8 Å². The molecule has 1 saturated carbocycles. The molecule has 0 atom stereocenters. The van der Waals surface area contributed by atoms with Crippen LogP contribution in [0.5, 0.6) is 0 Å². The van der Waals surface area contributed by atoms with E-state index in [4.69, 9.17) is 10.8 Å². The van der Waals surface area contributed by atoms with E-state index in [1.165, 1.54) is 16.2 Å². The molecule has 104 valence electrons. The second-order valence-corrected chi connectivity index (χ2v) is 5.60. The SMILES string of the molecule is Nc1nc(CC(=O)N(CC(=O)O)C2CCCC2)cs1. The second kappa shape index (κ2) is 6.01. The van der Waals surface area contributed by atoms with Gasteiger partial charge in [0.25, 0.3) is 0 Å². The van der Waals surface area contributed by atoms with Gasteiger partial charge in [0.05, 0.1) is 12.1 Å². The monoisotopic (exact) mass is 283 g/mol. The van der Waals surface area contributed by atoms with Crippen molar-refractivity contribution in [1.82, 2.24) is 9.88 Å². The third-order valence-corrected chi connectivity index (χ3v) is 4.02. The standard InChI is InChI=1S/C12H17N3O3S/c13-12-14-8(7-19-12)5-10(16)15(6-11(17)18)9-3-1-2-4-9/h7,9H,1-6H2,(H2,13,14)(H,17,18). The molecule has 0 radical (unpaired) electrons. The van der Waals surface area contributed by atoms with Crippen LogP contribution >= 0.6 is 11.3 Å². The van der Waals surface area contributed by atoms with Gasteiger partial charge in [-0.3, -0.25) is 9.59 Å². The summed E-state index contributed by atoms with van der Waals surface area (Å²) in [6.07, 6.45) is 4.00. The van der Waals surface area contributed by atoms with Gasteiger partial charge in [0.15, 0.2) is 5.13 Å². The molecule has 1 aromatic rings. The smallest absolute Gasteiger partial charge is 0.323 e. The number of nitrogens with two attached hydrogens (primary N) is 1. The van der Waals surface area contributed by atoms with Gasteiger partial charge in [0, 0.05) is 11.4 Å². The van der Waals surface area contributed by atoms with Crippen molar-refractivity contribution in [2.45, 2.75) is 38.1 Å². The highest BCUT2D eigenvalue weighted by molar-refractivity contribution is 7.13. The largest absolute Gasteiger partial charge is 0.480 e. The number of nitrogens with zero attached hydrogens (tertiary/aromatic N) is 2. The van der Waals surface area contributed by atoms with Crippen LogP contribution in [0.4, 0.5) is 5.13 Å². The summed E-state index contributed by atoms with van der Waals surface area (Å²) in [5.41, 5.74) is 6.13. The Balaban J connectivity index is 2.04. The van der Waals surface area contributed by atoms with Gasteiger partial charge in [-0.1, -0.05) is 12.8 Å². The van der Waals surface area contributed by atoms with Crippen LogP contribution in [0.3, 0.4) is 0 Å². The molecule has 6 nitrogen and oxygen atoms in total. The molecular formula is C12H17N3O3S. The summed E-state index contributed by atoms with van der Waals surface area (Å²) in [7, 11) is 0. The van der Waals surface area contributed by atoms with Crippen molar-refractivity contribution in [1.29, 1.82) is 0 Å². The lowest BCUT2D eigenvalue weighted by Gasteiger charge is -2.27. The number of carboxylic acids is 1. The first kappa shape index (κ1) is 13.8. The Hall–Kier alpha value is -1.63. The van der Waals surface area contributed by atoms with Crippen LogP contribution in [0, 0.1) is 0 Å². The number of carboxylic acid groups (broad SMARTS) is 1. The lowest BCUT2D eigenvalue weighted by molar-refractivity contribution is -0.145. The van der Waals surface area contributed by atoms with E-state index in [1.807, 2.05) is 0 Å². The van der Waals surface area contributed by atoms with Gasteiger partial charge in [-0.25, -0.2) is 4.98 Å². The zero-order chi connectivity index (χ0) is 13.8. The summed E-state index contributed by atoms with van der Waals surface area (Å²) < 4.78 is 0. The van der Waals surface area contributed by atoms with Gasteiger partial charge >= 0.3 is 5.97 Å². The van der Waals surface area contributed by atoms with Crippen LogP contribution in [-0.4, -0.2) is 39.5 Å². The van der Waals surface area contributed by atoms with Crippen LogP contribution in [0.2, 0.25) is 0 Å². The summed E-state index contributed by atoms with van der Waals surface area (Å²) in [6, 6.07) is 0.0552. The molecule has 0 bridgehead atoms. The molecule has 19 heavy (non-hydrogen) atoms. The third kappa shape index (κ3) is 3.66. The number of hydrogen-bond acceptors (Lipinski definition) is 5. The molecule has 1 aliphatic rings. The number of thiazole rings is 1. The fraction of sp³-hybridized carbons (Fsp3) is 0.583. The van der Waals surface area contributed by atoms with Crippen molar-refractivity contribution in [2.24, 2.45) is 0 Å². The van der Waals surface area contributed by atoms with E-state index >= 15 is 0 Å². The Kier molecular flexibility index (Phi) is 4.36. The van der Waals surface area contributed by atoms with Gasteiger partial charge in [-0.05, 0) is 12.8 Å². The number of anilines is 1. The molecule has 0 saturated heterocycles. The summed E-state index contributed by atoms with van der Waals surface area (Å²) >= 11 is 1.28. The first-order chi connectivity index (χ1) is 9.06. The van der Waals surface area contributed by atoms with Crippen LogP contribution in [0.15, 0.2) is 5.38 Å². The Morgan fingerprint density at radius 1 is 1.47 bits per heavy atom. The van der Waals surface area contributed by atoms with E-state index in [9.17, 15) is 9.59 Å². The van der Waals surface area contributed by atoms with Crippen molar-refractivity contribution in [3.63, 3.8) is 0 Å². The zero-order valence-corrected chi connectivity index (χ0v) is 11.4. The van der Waals surface area contributed by atoms with Crippen molar-refractivity contribution in [3.8, 4) is 0 Å². The fourth-order valence-corrected chi connectivity index (χ4v) is 3.01. The maximum atomic E-state index is 12.2. The number of aliphatic carboxylic acids is 1. The molecule has 1 aromatic heterocycles. The summed E-state index contributed by atoms with van der Waals surface area (Å²) in [5, 5.41) is 11.1. The van der Waals surface area contributed by atoms with Gasteiger partial charge in [-0.2, -0.15) is 0 Å². The van der Waals surface area contributed by atoms with E-state index in [-0.39, 0.29) is 24.9 Å². The highest BCUT2D eigenvalue weighted by Gasteiger charge is 2.28. The van der Waals surface area contributed by atoms with Crippen molar-refractivity contribution in [2.75, 3.05) is 12.3 Å². The molecule has 1 amide bonds. The van der Waals surface area contributed by atoms with E-state index in [2.05, 4.69) is 4.98 Å². The summed E-state index contributed by atoms with van der Waals surface area (Å²) in [5.74, 6) is -1.15. The number of amides is 1. The maximum Gasteiger partial charge on any atom is 0.323 e. The van der Waals surface area contributed by atoms with E-state index in [1.54, 1.807) is 5.38 Å². The molecule has 2 rings (SSSR count). The predicted molar refractivity (Wildman–Crippen MR) is 71.8 cm³/mol. The molecule has 7 heteroatoms. The number of aromatic nitrogens is 1. The molecule has 0 unspecified atom stereocenters. The lowest BCUT2D eigenvalue weighted by Crippen LogP contribution is -2.43. The van der Waals surface area contributed by atoms with Crippen molar-refractivity contribution < 1.29 is 14.7 Å². The lowest BCUT2D eigenvalue weighted by atomic mass is 10.2. The second-order valence-electron chi connectivity index (χ2n) is 4.71. The Labute approximate surface area is 115 Å². The molecular weight excluding hydrogens is 266 g/mol. The summed E-state index contributed by atoms with van der Waals surface area (Å²) in [6.45, 7) is -0.233. The molecule has 0 aromatic carbocycles. The van der Waals surface area contributed by atoms with E-state index < -0.39 is 5.97 Å². The quantitative estimate of drug-likeness (QED) is 0.844. The van der Waals surface area contributed by atoms with Crippen LogP contribution in [0.1, 0.15) is 31.4 Å². The molecule has 0 aliphatic heterocycles. The Bertz CT molecular complexity index is 469. The van der Waals surface area contributed by atoms with Crippen LogP contribution < -0.4 is 5.73 Å². The number of hydrogen-bond donors (Lipinski definition) is 2. The predicted octanol–water partition coefficient (Wildman–Crippen LogP) is 1.12. The molecule has 1 fully saturated rings. The van der Waals surface area contributed by atoms with Gasteiger partial charge in [0.2, 0.25) is 5.91 Å². The fourth-order valence-electron chi connectivity index (χ4n) is 2.44. The minimum absolute atomic E-state index is 0.0552. The number of carbonyl (C=O) groups is 2. The van der Waals surface area contributed by atoms with Crippen molar-refractivity contribution >= 4 is 28.3 Å². The average molecular weight is 283 g/mol. The molecule has 1 heterocycles. The topological polar surface area (TPSA) is 96.5 Å². The van der Waals surface area contributed by atoms with Crippen molar-refractivity contribution in [3.05, 3.63) is 11.1 Å². The Morgan fingerprint density at radius 2 is 2.16 bits per heavy atom. The van der Waals surface area contributed by atoms with Gasteiger partial charge < -0.3 is 15.7 Å². The van der Waals surface area contributed by atoms with Gasteiger partial charge in [-0.15, -0.1) is 11.3 Å². The highest BCUT2D eigenvalue weighted by Crippen LogP contribution is 2.24. The minimum atomic E-state index is -0.974. The van der Waals surface area contributed by atoms with E-state index in [0.717, 1.165) is 25.7 Å². The molecule has 1 aliphatic carbocycles. The normalized spacial score (nSPS) is 15.6. The number of rotatable bonds is 5. The maximum absolute atomic E-state index is 12.2. The highest BCUT2D eigenvalue weighted by atomic mass is 32.1. The molecule has 0 spiro atoms. The summed E-state index contributed by atoms with van der Waals surface area (Å²) in [4.78, 5) is 28.6. The first-order valence-corrected chi connectivity index (χ1v) is 7.15. The van der Waals surface area contributed by atoms with Gasteiger partial charge in [0.1, 0.15) is 6.54 Å². The third-order valence-electron chi connectivity index (χ3n) is 3.29. The number of nitrogen functional groups attached to an aromatic ring is 1. The Morgan fingerprint density at radius 3 is 2.68 bits per heavy atom.